The molecule has 2 unspecified atom stereocenters. The molecule has 0 aromatic heterocycles. The van der Waals surface area contributed by atoms with E-state index in [2.05, 4.69) is 15.4 Å². The highest BCUT2D eigenvalue weighted by atomic mass is 35.5. The Morgan fingerprint density at radius 1 is 1.53 bits per heavy atom. The van der Waals surface area contributed by atoms with Crippen LogP contribution in [-0.2, 0) is 14.3 Å². The Morgan fingerprint density at radius 2 is 2.20 bits per heavy atom. The number of halogens is 1. The Balaban J connectivity index is 0.00000196. The molecule has 15 heavy (non-hydrogen) atoms. The molecule has 0 aliphatic carbocycles. The molecule has 2 N–H and O–H groups in total. The second-order valence-corrected chi connectivity index (χ2v) is 3.40. The molecule has 88 valence electrons. The van der Waals surface area contributed by atoms with E-state index >= 15 is 0 Å². The zero-order valence-electron chi connectivity index (χ0n) is 8.91. The second kappa shape index (κ2) is 6.63. The van der Waals surface area contributed by atoms with Gasteiger partial charge in [-0.2, -0.15) is 0 Å². The topological polar surface area (TPSA) is 67.4 Å². The molecule has 0 aromatic rings. The van der Waals surface area contributed by atoms with Crippen molar-refractivity contribution in [3.05, 3.63) is 0 Å². The fourth-order valence-electron chi connectivity index (χ4n) is 1.46. The van der Waals surface area contributed by atoms with Gasteiger partial charge in [0.2, 0.25) is 5.91 Å². The number of nitrogens with one attached hydrogen (secondary N) is 2. The maximum absolute atomic E-state index is 11.5. The van der Waals surface area contributed by atoms with E-state index in [1.807, 2.05) is 0 Å². The van der Waals surface area contributed by atoms with Gasteiger partial charge in [0.25, 0.3) is 0 Å². The van der Waals surface area contributed by atoms with Crippen LogP contribution in [0.15, 0.2) is 0 Å². The van der Waals surface area contributed by atoms with Gasteiger partial charge < -0.3 is 15.4 Å². The zero-order valence-corrected chi connectivity index (χ0v) is 9.73. The molecule has 1 rings (SSSR count). The van der Waals surface area contributed by atoms with Crippen molar-refractivity contribution in [3.63, 3.8) is 0 Å². The SMILES string of the molecule is COC(=O)C(C)NC(=O)C1CCCN1.Cl. The smallest absolute Gasteiger partial charge is 0.328 e. The van der Waals surface area contributed by atoms with Crippen LogP contribution in [0.4, 0.5) is 0 Å². The van der Waals surface area contributed by atoms with Crippen molar-refractivity contribution in [1.29, 1.82) is 0 Å². The third kappa shape index (κ3) is 4.05. The van der Waals surface area contributed by atoms with E-state index in [9.17, 15) is 9.59 Å². The number of carbonyl (C=O) groups is 2. The lowest BCUT2D eigenvalue weighted by Crippen LogP contribution is -2.47. The minimum Gasteiger partial charge on any atom is -0.467 e. The Labute approximate surface area is 95.3 Å². The molecule has 1 heterocycles. The van der Waals surface area contributed by atoms with Gasteiger partial charge in [-0.15, -0.1) is 12.4 Å². The third-order valence-electron chi connectivity index (χ3n) is 2.29. The summed E-state index contributed by atoms with van der Waals surface area (Å²) < 4.78 is 4.50. The van der Waals surface area contributed by atoms with Crippen LogP contribution in [0.3, 0.4) is 0 Å². The molecule has 1 fully saturated rings. The molecule has 0 bridgehead atoms. The number of amides is 1. The minimum absolute atomic E-state index is 0. The standard InChI is InChI=1S/C9H16N2O3.ClH/c1-6(9(13)14-2)11-8(12)7-4-3-5-10-7;/h6-7,10H,3-5H2,1-2H3,(H,11,12);1H. The highest BCUT2D eigenvalue weighted by Gasteiger charge is 2.25. The number of carbonyl (C=O) groups excluding carboxylic acids is 2. The van der Waals surface area contributed by atoms with E-state index in [4.69, 9.17) is 0 Å². The highest BCUT2D eigenvalue weighted by Crippen LogP contribution is 2.04. The van der Waals surface area contributed by atoms with E-state index in [1.165, 1.54) is 7.11 Å². The fourth-order valence-corrected chi connectivity index (χ4v) is 1.46. The molecule has 0 saturated carbocycles. The lowest BCUT2D eigenvalue weighted by Gasteiger charge is -2.15. The molecule has 1 aliphatic rings. The summed E-state index contributed by atoms with van der Waals surface area (Å²) in [5.74, 6) is -0.545. The summed E-state index contributed by atoms with van der Waals surface area (Å²) in [5.41, 5.74) is 0. The number of ether oxygens (including phenoxy) is 1. The third-order valence-corrected chi connectivity index (χ3v) is 2.29. The maximum Gasteiger partial charge on any atom is 0.328 e. The van der Waals surface area contributed by atoms with Gasteiger partial charge in [0.05, 0.1) is 13.2 Å². The van der Waals surface area contributed by atoms with Crippen LogP contribution in [0.25, 0.3) is 0 Å². The van der Waals surface area contributed by atoms with Gasteiger partial charge in [0, 0.05) is 0 Å². The molecule has 5 nitrogen and oxygen atoms in total. The Bertz CT molecular complexity index is 229. The molecule has 2 atom stereocenters. The van der Waals surface area contributed by atoms with E-state index in [0.717, 1.165) is 19.4 Å². The first-order chi connectivity index (χ1) is 6.65. The molecule has 6 heteroatoms. The second-order valence-electron chi connectivity index (χ2n) is 3.40. The number of methoxy groups -OCH3 is 1. The quantitative estimate of drug-likeness (QED) is 0.669. The minimum atomic E-state index is -0.574. The van der Waals surface area contributed by atoms with Gasteiger partial charge >= 0.3 is 5.97 Å². The van der Waals surface area contributed by atoms with Gasteiger partial charge in [-0.1, -0.05) is 0 Å². The van der Waals surface area contributed by atoms with Gasteiger partial charge in [-0.05, 0) is 26.3 Å². The van der Waals surface area contributed by atoms with Crippen molar-refractivity contribution in [3.8, 4) is 0 Å². The van der Waals surface area contributed by atoms with Crippen LogP contribution in [0.5, 0.6) is 0 Å². The summed E-state index contributed by atoms with van der Waals surface area (Å²) in [6, 6.07) is -0.725. The van der Waals surface area contributed by atoms with E-state index in [0.29, 0.717) is 0 Å². The number of rotatable bonds is 3. The molecule has 0 spiro atoms. The summed E-state index contributed by atoms with van der Waals surface area (Å²) >= 11 is 0. The van der Waals surface area contributed by atoms with Crippen molar-refractivity contribution >= 4 is 24.3 Å². The summed E-state index contributed by atoms with van der Waals surface area (Å²) in [4.78, 5) is 22.5. The lowest BCUT2D eigenvalue weighted by atomic mass is 10.2. The van der Waals surface area contributed by atoms with Crippen molar-refractivity contribution in [1.82, 2.24) is 10.6 Å². The Hall–Kier alpha value is -0.810. The first kappa shape index (κ1) is 14.2. The van der Waals surface area contributed by atoms with E-state index in [-0.39, 0.29) is 24.4 Å². The molecule has 1 amide bonds. The lowest BCUT2D eigenvalue weighted by molar-refractivity contribution is -0.144. The van der Waals surface area contributed by atoms with Crippen LogP contribution in [0, 0.1) is 0 Å². The predicted molar refractivity (Wildman–Crippen MR) is 57.9 cm³/mol. The summed E-state index contributed by atoms with van der Waals surface area (Å²) in [6.07, 6.45) is 1.84. The van der Waals surface area contributed by atoms with E-state index < -0.39 is 12.0 Å². The van der Waals surface area contributed by atoms with Gasteiger partial charge in [-0.3, -0.25) is 4.79 Å². The first-order valence-corrected chi connectivity index (χ1v) is 4.76. The molecular formula is C9H17ClN2O3. The normalized spacial score (nSPS) is 21.3. The predicted octanol–water partition coefficient (Wildman–Crippen LogP) is -0.162. The van der Waals surface area contributed by atoms with Gasteiger partial charge in [0.15, 0.2) is 0 Å². The molecule has 1 saturated heterocycles. The van der Waals surface area contributed by atoms with Gasteiger partial charge in [-0.25, -0.2) is 4.79 Å². The van der Waals surface area contributed by atoms with Gasteiger partial charge in [0.1, 0.15) is 6.04 Å². The Morgan fingerprint density at radius 3 is 2.67 bits per heavy atom. The van der Waals surface area contributed by atoms with Crippen LogP contribution < -0.4 is 10.6 Å². The van der Waals surface area contributed by atoms with Crippen molar-refractivity contribution < 1.29 is 14.3 Å². The zero-order chi connectivity index (χ0) is 10.6. The molecular weight excluding hydrogens is 220 g/mol. The number of hydrogen-bond acceptors (Lipinski definition) is 4. The van der Waals surface area contributed by atoms with Crippen LogP contribution in [-0.4, -0.2) is 37.6 Å². The van der Waals surface area contributed by atoms with E-state index in [1.54, 1.807) is 6.92 Å². The van der Waals surface area contributed by atoms with Crippen molar-refractivity contribution in [2.75, 3.05) is 13.7 Å². The summed E-state index contributed by atoms with van der Waals surface area (Å²) in [5, 5.41) is 5.65. The average molecular weight is 237 g/mol. The fraction of sp³-hybridized carbons (Fsp3) is 0.778. The molecule has 0 aromatic carbocycles. The summed E-state index contributed by atoms with van der Waals surface area (Å²) in [7, 11) is 1.30. The number of esters is 1. The first-order valence-electron chi connectivity index (χ1n) is 4.76. The number of hydrogen-bond donors (Lipinski definition) is 2. The Kier molecular flexibility index (Phi) is 6.27. The average Bonchev–Trinajstić information content (AvgIpc) is 2.69. The van der Waals surface area contributed by atoms with Crippen LogP contribution >= 0.6 is 12.4 Å². The largest absolute Gasteiger partial charge is 0.467 e. The summed E-state index contributed by atoms with van der Waals surface area (Å²) in [6.45, 7) is 2.48. The maximum atomic E-state index is 11.5. The van der Waals surface area contributed by atoms with Crippen LogP contribution in [0.2, 0.25) is 0 Å². The molecule has 1 aliphatic heterocycles. The monoisotopic (exact) mass is 236 g/mol. The molecule has 0 radical (unpaired) electrons. The van der Waals surface area contributed by atoms with Crippen molar-refractivity contribution in [2.45, 2.75) is 31.8 Å². The van der Waals surface area contributed by atoms with Crippen LogP contribution in [0.1, 0.15) is 19.8 Å². The van der Waals surface area contributed by atoms with Crippen molar-refractivity contribution in [2.24, 2.45) is 0 Å². The highest BCUT2D eigenvalue weighted by molar-refractivity contribution is 5.87.